The molecule has 2 rings (SSSR count). The van der Waals surface area contributed by atoms with Crippen LogP contribution in [0.15, 0.2) is 37.9 Å². The van der Waals surface area contributed by atoms with E-state index >= 15 is 0 Å². The molecule has 2 aromatic rings. The Labute approximate surface area is 130 Å². The fourth-order valence-electron chi connectivity index (χ4n) is 1.29. The highest BCUT2D eigenvalue weighted by atomic mass is 79.9. The Hall–Kier alpha value is -0.360. The summed E-state index contributed by atoms with van der Waals surface area (Å²) in [5, 5.41) is 0.637. The van der Waals surface area contributed by atoms with Crippen LogP contribution in [0.1, 0.15) is 10.4 Å². The molecule has 0 atom stereocenters. The summed E-state index contributed by atoms with van der Waals surface area (Å²) in [5.74, 6) is 0.553. The number of thiophene rings is 1. The Morgan fingerprint density at radius 2 is 1.94 bits per heavy atom. The third kappa shape index (κ3) is 3.57. The molecule has 0 saturated heterocycles. The second kappa shape index (κ2) is 6.19. The zero-order valence-electron chi connectivity index (χ0n) is 8.95. The lowest BCUT2D eigenvalue weighted by Gasteiger charge is -2.04. The molecule has 0 radical (unpaired) electrons. The molecule has 0 aliphatic carbocycles. The van der Waals surface area contributed by atoms with E-state index in [2.05, 4.69) is 31.9 Å². The molecule has 0 fully saturated rings. The molecule has 0 N–H and O–H groups in total. The summed E-state index contributed by atoms with van der Waals surface area (Å²) < 4.78 is 7.11. The lowest BCUT2D eigenvalue weighted by molar-refractivity contribution is 0.0921. The second-order valence-corrected chi connectivity index (χ2v) is 7.59. The first kappa shape index (κ1) is 14.1. The monoisotopic (exact) mass is 408 g/mol. The molecule has 2 nitrogen and oxygen atoms in total. The van der Waals surface area contributed by atoms with Crippen molar-refractivity contribution in [1.82, 2.24) is 0 Å². The molecule has 0 aliphatic rings. The van der Waals surface area contributed by atoms with Gasteiger partial charge in [0.1, 0.15) is 5.75 Å². The van der Waals surface area contributed by atoms with E-state index in [1.54, 1.807) is 30.3 Å². The van der Waals surface area contributed by atoms with Crippen LogP contribution in [0.5, 0.6) is 5.75 Å². The molecule has 6 heteroatoms. The first-order valence-corrected chi connectivity index (χ1v) is 7.70. The van der Waals surface area contributed by atoms with Gasteiger partial charge < -0.3 is 4.74 Å². The number of carbonyl (C=O) groups is 1. The Bertz CT molecular complexity index is 566. The zero-order chi connectivity index (χ0) is 13.1. The van der Waals surface area contributed by atoms with Crippen LogP contribution in [-0.4, -0.2) is 12.4 Å². The maximum absolute atomic E-state index is 11.9. The SMILES string of the molecule is O=C(COc1ccc(Cl)cc1)c1cc(Br)sc1Br. The van der Waals surface area contributed by atoms with Crippen LogP contribution in [0.2, 0.25) is 5.02 Å². The van der Waals surface area contributed by atoms with Gasteiger partial charge in [-0.25, -0.2) is 0 Å². The molecule has 1 aromatic heterocycles. The van der Waals surface area contributed by atoms with Gasteiger partial charge in [-0.1, -0.05) is 11.6 Å². The average Bonchev–Trinajstić information content (AvgIpc) is 2.67. The van der Waals surface area contributed by atoms with Gasteiger partial charge in [0.2, 0.25) is 5.78 Å². The van der Waals surface area contributed by atoms with Crippen molar-refractivity contribution in [2.75, 3.05) is 6.61 Å². The number of ether oxygens (including phenoxy) is 1. The highest BCUT2D eigenvalue weighted by molar-refractivity contribution is 9.12. The molecule has 0 saturated carbocycles. The van der Waals surface area contributed by atoms with Crippen molar-refractivity contribution in [2.45, 2.75) is 0 Å². The van der Waals surface area contributed by atoms with E-state index in [1.807, 2.05) is 0 Å². The maximum atomic E-state index is 11.9. The first-order chi connectivity index (χ1) is 8.56. The summed E-state index contributed by atoms with van der Waals surface area (Å²) in [6.07, 6.45) is 0. The highest BCUT2D eigenvalue weighted by Crippen LogP contribution is 2.32. The third-order valence-corrected chi connectivity index (χ3v) is 4.73. The summed E-state index contributed by atoms with van der Waals surface area (Å²) in [4.78, 5) is 11.9. The minimum atomic E-state index is -0.0706. The van der Waals surface area contributed by atoms with Gasteiger partial charge in [0, 0.05) is 10.6 Å². The smallest absolute Gasteiger partial charge is 0.202 e. The molecule has 1 heterocycles. The Morgan fingerprint density at radius 3 is 2.50 bits per heavy atom. The third-order valence-electron chi connectivity index (χ3n) is 2.14. The largest absolute Gasteiger partial charge is 0.485 e. The fraction of sp³-hybridized carbons (Fsp3) is 0.0833. The Morgan fingerprint density at radius 1 is 1.28 bits per heavy atom. The second-order valence-electron chi connectivity index (χ2n) is 3.40. The highest BCUT2D eigenvalue weighted by Gasteiger charge is 2.14. The van der Waals surface area contributed by atoms with E-state index in [-0.39, 0.29) is 12.4 Å². The number of halogens is 3. The Balaban J connectivity index is 2.00. The van der Waals surface area contributed by atoms with Crippen LogP contribution in [0, 0.1) is 0 Å². The normalized spacial score (nSPS) is 10.4. The number of hydrogen-bond donors (Lipinski definition) is 0. The van der Waals surface area contributed by atoms with Crippen molar-refractivity contribution < 1.29 is 9.53 Å². The first-order valence-electron chi connectivity index (χ1n) is 4.92. The van der Waals surface area contributed by atoms with E-state index in [9.17, 15) is 4.79 Å². The molecule has 0 unspecified atom stereocenters. The minimum absolute atomic E-state index is 0.00338. The number of hydrogen-bond acceptors (Lipinski definition) is 3. The summed E-state index contributed by atoms with van der Waals surface area (Å²) >= 11 is 13.9. The predicted octanol–water partition coefficient (Wildman–Crippen LogP) is 5.19. The summed E-state index contributed by atoms with van der Waals surface area (Å²) in [5.41, 5.74) is 0.626. The van der Waals surface area contributed by atoms with Crippen molar-refractivity contribution >= 4 is 60.6 Å². The van der Waals surface area contributed by atoms with E-state index in [4.69, 9.17) is 16.3 Å². The standard InChI is InChI=1S/C12H7Br2ClO2S/c13-11-5-9(12(14)18-11)10(16)6-17-8-3-1-7(15)2-4-8/h1-5H,6H2. The number of rotatable bonds is 4. The number of Topliss-reactive ketones (excluding diaryl/α,β-unsaturated/α-hetero) is 1. The molecule has 0 amide bonds. The molecule has 18 heavy (non-hydrogen) atoms. The van der Waals surface area contributed by atoms with E-state index in [0.717, 1.165) is 7.57 Å². The predicted molar refractivity (Wildman–Crippen MR) is 81.0 cm³/mol. The van der Waals surface area contributed by atoms with Gasteiger partial charge in [0.05, 0.1) is 7.57 Å². The number of benzene rings is 1. The Kier molecular flexibility index (Phi) is 4.84. The lowest BCUT2D eigenvalue weighted by Crippen LogP contribution is -2.11. The van der Waals surface area contributed by atoms with Crippen LogP contribution in [0.25, 0.3) is 0 Å². The zero-order valence-corrected chi connectivity index (χ0v) is 13.7. The van der Waals surface area contributed by atoms with E-state index < -0.39 is 0 Å². The van der Waals surface area contributed by atoms with Crippen LogP contribution in [0.4, 0.5) is 0 Å². The van der Waals surface area contributed by atoms with Crippen LogP contribution >= 0.6 is 54.8 Å². The molecule has 1 aromatic carbocycles. The van der Waals surface area contributed by atoms with Crippen molar-refractivity contribution in [3.8, 4) is 5.75 Å². The van der Waals surface area contributed by atoms with E-state index in [1.165, 1.54) is 11.3 Å². The molecule has 94 valence electrons. The summed E-state index contributed by atoms with van der Waals surface area (Å²) in [6, 6.07) is 8.68. The summed E-state index contributed by atoms with van der Waals surface area (Å²) in [7, 11) is 0. The molecule has 0 spiro atoms. The van der Waals surface area contributed by atoms with E-state index in [0.29, 0.717) is 16.3 Å². The van der Waals surface area contributed by atoms with Gasteiger partial charge in [-0.05, 0) is 62.2 Å². The van der Waals surface area contributed by atoms with Crippen molar-refractivity contribution in [1.29, 1.82) is 0 Å². The van der Waals surface area contributed by atoms with Crippen molar-refractivity contribution in [3.05, 3.63) is 48.5 Å². The van der Waals surface area contributed by atoms with Gasteiger partial charge in [-0.15, -0.1) is 11.3 Å². The van der Waals surface area contributed by atoms with Gasteiger partial charge in [-0.3, -0.25) is 4.79 Å². The minimum Gasteiger partial charge on any atom is -0.485 e. The molecular formula is C12H7Br2ClO2S. The number of carbonyl (C=O) groups excluding carboxylic acids is 1. The van der Waals surface area contributed by atoms with Crippen LogP contribution in [0.3, 0.4) is 0 Å². The lowest BCUT2D eigenvalue weighted by atomic mass is 10.2. The van der Waals surface area contributed by atoms with Crippen molar-refractivity contribution in [3.63, 3.8) is 0 Å². The molecule has 0 bridgehead atoms. The fourth-order valence-corrected chi connectivity index (χ4v) is 4.27. The maximum Gasteiger partial charge on any atom is 0.202 e. The van der Waals surface area contributed by atoms with Gasteiger partial charge in [0.25, 0.3) is 0 Å². The quantitative estimate of drug-likeness (QED) is 0.649. The molecular weight excluding hydrogens is 403 g/mol. The van der Waals surface area contributed by atoms with Gasteiger partial charge in [0.15, 0.2) is 6.61 Å². The van der Waals surface area contributed by atoms with Crippen LogP contribution < -0.4 is 4.74 Å². The summed E-state index contributed by atoms with van der Waals surface area (Å²) in [6.45, 7) is 0.00338. The topological polar surface area (TPSA) is 26.3 Å². The van der Waals surface area contributed by atoms with Crippen molar-refractivity contribution in [2.24, 2.45) is 0 Å². The van der Waals surface area contributed by atoms with Gasteiger partial charge in [-0.2, -0.15) is 0 Å². The number of ketones is 1. The molecule has 0 aliphatic heterocycles. The van der Waals surface area contributed by atoms with Gasteiger partial charge >= 0.3 is 0 Å². The van der Waals surface area contributed by atoms with Crippen LogP contribution in [-0.2, 0) is 0 Å². The average molecular weight is 411 g/mol.